The number of benzene rings is 1. The molecule has 0 unspecified atom stereocenters. The van der Waals surface area contributed by atoms with Gasteiger partial charge in [0.1, 0.15) is 0 Å². The van der Waals surface area contributed by atoms with Crippen molar-refractivity contribution < 1.29 is 0 Å². The molecule has 0 aromatic heterocycles. The van der Waals surface area contributed by atoms with Crippen molar-refractivity contribution in [3.05, 3.63) is 29.3 Å². The number of rotatable bonds is 5. The third-order valence-corrected chi connectivity index (χ3v) is 4.56. The number of hydrogen-bond donors (Lipinski definition) is 1. The van der Waals surface area contributed by atoms with Crippen molar-refractivity contribution in [3.8, 4) is 0 Å². The van der Waals surface area contributed by atoms with Gasteiger partial charge in [-0.3, -0.25) is 4.90 Å². The summed E-state index contributed by atoms with van der Waals surface area (Å²) in [6.07, 6.45) is 0. The lowest BCUT2D eigenvalue weighted by atomic mass is 10.0. The third-order valence-electron chi connectivity index (χ3n) is 4.56. The van der Waals surface area contributed by atoms with Gasteiger partial charge in [0.25, 0.3) is 0 Å². The molecule has 0 bridgehead atoms. The molecule has 1 fully saturated rings. The Labute approximate surface area is 130 Å². The van der Waals surface area contributed by atoms with Crippen LogP contribution in [0.4, 0.5) is 5.69 Å². The monoisotopic (exact) mass is 289 g/mol. The Hall–Kier alpha value is -1.06. The minimum absolute atomic E-state index is 0.205. The molecule has 0 aliphatic carbocycles. The van der Waals surface area contributed by atoms with E-state index >= 15 is 0 Å². The van der Waals surface area contributed by atoms with E-state index in [1.165, 1.54) is 16.8 Å². The van der Waals surface area contributed by atoms with E-state index in [2.05, 4.69) is 67.9 Å². The maximum atomic E-state index is 3.57. The molecule has 21 heavy (non-hydrogen) atoms. The van der Waals surface area contributed by atoms with E-state index < -0.39 is 0 Å². The first-order valence-corrected chi connectivity index (χ1v) is 8.21. The summed E-state index contributed by atoms with van der Waals surface area (Å²) in [5.74, 6) is 0. The highest BCUT2D eigenvalue weighted by atomic mass is 15.3. The van der Waals surface area contributed by atoms with Crippen LogP contribution >= 0.6 is 0 Å². The van der Waals surface area contributed by atoms with Crippen LogP contribution in [0.25, 0.3) is 0 Å². The van der Waals surface area contributed by atoms with Crippen molar-refractivity contribution >= 4 is 5.69 Å². The Balaban J connectivity index is 1.93. The van der Waals surface area contributed by atoms with Crippen LogP contribution in [0.15, 0.2) is 18.2 Å². The topological polar surface area (TPSA) is 18.5 Å². The fourth-order valence-corrected chi connectivity index (χ4v) is 3.32. The molecule has 1 aliphatic heterocycles. The fraction of sp³-hybridized carbons (Fsp3) is 0.667. The Morgan fingerprint density at radius 1 is 1.10 bits per heavy atom. The molecule has 0 atom stereocenters. The molecular weight excluding hydrogens is 258 g/mol. The van der Waals surface area contributed by atoms with Gasteiger partial charge in [-0.2, -0.15) is 0 Å². The van der Waals surface area contributed by atoms with E-state index in [0.717, 1.165) is 39.3 Å². The second-order valence-corrected chi connectivity index (χ2v) is 6.90. The number of hydrogen-bond acceptors (Lipinski definition) is 3. The van der Waals surface area contributed by atoms with Gasteiger partial charge >= 0.3 is 0 Å². The van der Waals surface area contributed by atoms with Crippen LogP contribution in [-0.2, 0) is 0 Å². The second-order valence-electron chi connectivity index (χ2n) is 6.90. The average Bonchev–Trinajstić information content (AvgIpc) is 2.42. The molecule has 0 radical (unpaired) electrons. The van der Waals surface area contributed by atoms with E-state index in [-0.39, 0.29) is 5.54 Å². The van der Waals surface area contributed by atoms with E-state index in [4.69, 9.17) is 0 Å². The van der Waals surface area contributed by atoms with Crippen molar-refractivity contribution in [1.82, 2.24) is 10.2 Å². The van der Waals surface area contributed by atoms with Crippen LogP contribution in [0.3, 0.4) is 0 Å². The minimum atomic E-state index is 0.205. The molecule has 1 aliphatic rings. The summed E-state index contributed by atoms with van der Waals surface area (Å²) in [4.78, 5) is 5.13. The number of aryl methyl sites for hydroxylation is 1. The lowest BCUT2D eigenvalue weighted by molar-refractivity contribution is 0.193. The van der Waals surface area contributed by atoms with Crippen LogP contribution in [0.5, 0.6) is 0 Å². The Morgan fingerprint density at radius 2 is 1.76 bits per heavy atom. The number of anilines is 1. The van der Waals surface area contributed by atoms with Crippen molar-refractivity contribution in [3.63, 3.8) is 0 Å². The predicted molar refractivity (Wildman–Crippen MR) is 92.3 cm³/mol. The van der Waals surface area contributed by atoms with E-state index in [1.54, 1.807) is 0 Å². The van der Waals surface area contributed by atoms with Gasteiger partial charge in [0, 0.05) is 44.0 Å². The molecule has 1 saturated heterocycles. The quantitative estimate of drug-likeness (QED) is 0.899. The van der Waals surface area contributed by atoms with Crippen molar-refractivity contribution in [2.24, 2.45) is 0 Å². The molecule has 3 heteroatoms. The standard InChI is InChI=1S/C18H31N3/c1-6-19-18(4,5)14-20-10-12-21(13-11-20)17-9-7-8-15(2)16(17)3/h7-9,19H,6,10-14H2,1-5H3. The lowest BCUT2D eigenvalue weighted by Gasteiger charge is -2.40. The Bertz CT molecular complexity index is 460. The minimum Gasteiger partial charge on any atom is -0.369 e. The van der Waals surface area contributed by atoms with Gasteiger partial charge in [-0.1, -0.05) is 19.1 Å². The smallest absolute Gasteiger partial charge is 0.0399 e. The van der Waals surface area contributed by atoms with Gasteiger partial charge in [-0.15, -0.1) is 0 Å². The summed E-state index contributed by atoms with van der Waals surface area (Å²) in [6, 6.07) is 6.65. The van der Waals surface area contributed by atoms with Gasteiger partial charge in [-0.25, -0.2) is 0 Å². The summed E-state index contributed by atoms with van der Waals surface area (Å²) in [6.45, 7) is 18.0. The number of piperazine rings is 1. The molecule has 2 rings (SSSR count). The molecule has 1 aromatic carbocycles. The van der Waals surface area contributed by atoms with Gasteiger partial charge in [0.15, 0.2) is 0 Å². The molecule has 3 nitrogen and oxygen atoms in total. The van der Waals surface area contributed by atoms with Gasteiger partial charge in [0.05, 0.1) is 0 Å². The number of likely N-dealkylation sites (N-methyl/N-ethyl adjacent to an activating group) is 1. The number of nitrogens with zero attached hydrogens (tertiary/aromatic N) is 2. The molecular formula is C18H31N3. The van der Waals surface area contributed by atoms with Crippen LogP contribution in [0.1, 0.15) is 31.9 Å². The average molecular weight is 289 g/mol. The molecule has 0 spiro atoms. The van der Waals surface area contributed by atoms with Crippen LogP contribution in [-0.4, -0.2) is 49.7 Å². The molecule has 1 heterocycles. The first-order valence-electron chi connectivity index (χ1n) is 8.21. The zero-order chi connectivity index (χ0) is 15.5. The van der Waals surface area contributed by atoms with Crippen molar-refractivity contribution in [2.75, 3.05) is 44.2 Å². The summed E-state index contributed by atoms with van der Waals surface area (Å²) in [7, 11) is 0. The van der Waals surface area contributed by atoms with Crippen LogP contribution in [0, 0.1) is 13.8 Å². The van der Waals surface area contributed by atoms with Crippen LogP contribution in [0.2, 0.25) is 0 Å². The maximum Gasteiger partial charge on any atom is 0.0399 e. The highest BCUT2D eigenvalue weighted by Gasteiger charge is 2.24. The Morgan fingerprint density at radius 3 is 2.38 bits per heavy atom. The summed E-state index contributed by atoms with van der Waals surface area (Å²) >= 11 is 0. The SMILES string of the molecule is CCNC(C)(C)CN1CCN(c2cccc(C)c2C)CC1. The van der Waals surface area contributed by atoms with Crippen molar-refractivity contribution in [1.29, 1.82) is 0 Å². The summed E-state index contributed by atoms with van der Waals surface area (Å²) in [5.41, 5.74) is 4.44. The molecule has 1 aromatic rings. The zero-order valence-electron chi connectivity index (χ0n) is 14.4. The highest BCUT2D eigenvalue weighted by molar-refractivity contribution is 5.56. The molecule has 118 valence electrons. The van der Waals surface area contributed by atoms with Gasteiger partial charge < -0.3 is 10.2 Å². The zero-order valence-corrected chi connectivity index (χ0v) is 14.4. The second kappa shape index (κ2) is 6.80. The summed E-state index contributed by atoms with van der Waals surface area (Å²) < 4.78 is 0. The summed E-state index contributed by atoms with van der Waals surface area (Å²) in [5, 5.41) is 3.57. The highest BCUT2D eigenvalue weighted by Crippen LogP contribution is 2.24. The fourth-order valence-electron chi connectivity index (χ4n) is 3.32. The third kappa shape index (κ3) is 4.21. The van der Waals surface area contributed by atoms with Crippen molar-refractivity contribution in [2.45, 2.75) is 40.2 Å². The Kier molecular flexibility index (Phi) is 5.28. The van der Waals surface area contributed by atoms with E-state index in [9.17, 15) is 0 Å². The van der Waals surface area contributed by atoms with E-state index in [0.29, 0.717) is 0 Å². The first-order chi connectivity index (χ1) is 9.93. The molecule has 0 saturated carbocycles. The predicted octanol–water partition coefficient (Wildman–Crippen LogP) is 2.81. The van der Waals surface area contributed by atoms with E-state index in [1.807, 2.05) is 0 Å². The lowest BCUT2D eigenvalue weighted by Crippen LogP contribution is -2.54. The first kappa shape index (κ1) is 16.3. The largest absolute Gasteiger partial charge is 0.369 e. The molecule has 0 amide bonds. The number of nitrogens with one attached hydrogen (secondary N) is 1. The van der Waals surface area contributed by atoms with Gasteiger partial charge in [0.2, 0.25) is 0 Å². The molecule has 1 N–H and O–H groups in total. The maximum absolute atomic E-state index is 3.57. The van der Waals surface area contributed by atoms with Crippen LogP contribution < -0.4 is 10.2 Å². The van der Waals surface area contributed by atoms with Gasteiger partial charge in [-0.05, 0) is 51.4 Å². The normalized spacial score (nSPS) is 17.3.